The van der Waals surface area contributed by atoms with Gasteiger partial charge in [-0.05, 0) is 50.5 Å². The molecule has 2 saturated carbocycles. The number of imide groups is 1. The Bertz CT molecular complexity index is 909. The van der Waals surface area contributed by atoms with Crippen LogP contribution in [0.2, 0.25) is 0 Å². The van der Waals surface area contributed by atoms with Crippen LogP contribution in [0.5, 0.6) is 5.75 Å². The molecular formula is C25H32N4O3. The zero-order chi connectivity index (χ0) is 22.1. The van der Waals surface area contributed by atoms with Crippen molar-refractivity contribution >= 4 is 17.8 Å². The van der Waals surface area contributed by atoms with Crippen LogP contribution in [0.15, 0.2) is 41.4 Å². The number of hydrogen-bond donors (Lipinski definition) is 2. The molecule has 0 radical (unpaired) electrons. The number of carbonyl (C=O) groups is 2. The van der Waals surface area contributed by atoms with E-state index in [1.807, 2.05) is 31.2 Å². The van der Waals surface area contributed by atoms with E-state index in [2.05, 4.69) is 22.8 Å². The fourth-order valence-electron chi connectivity index (χ4n) is 5.39. The lowest BCUT2D eigenvalue weighted by molar-refractivity contribution is -0.140. The second-order valence-electron chi connectivity index (χ2n) is 9.23. The molecule has 3 aliphatic carbocycles. The molecular weight excluding hydrogens is 404 g/mol. The number of nitrogens with one attached hydrogen (secondary N) is 2. The monoisotopic (exact) mass is 436 g/mol. The van der Waals surface area contributed by atoms with E-state index < -0.39 is 0 Å². The number of nitrogens with zero attached hydrogens (tertiary/aromatic N) is 2. The van der Waals surface area contributed by atoms with Gasteiger partial charge in [0.25, 0.3) is 0 Å². The lowest BCUT2D eigenvalue weighted by Crippen LogP contribution is -2.43. The summed E-state index contributed by atoms with van der Waals surface area (Å²) in [5.41, 5.74) is 1.05. The summed E-state index contributed by atoms with van der Waals surface area (Å²) in [6.45, 7) is 4.09. The molecule has 1 aromatic carbocycles. The second kappa shape index (κ2) is 8.96. The lowest BCUT2D eigenvalue weighted by atomic mass is 9.85. The fraction of sp³-hybridized carbons (Fsp3) is 0.560. The number of allylic oxidation sites excluding steroid dienone is 2. The van der Waals surface area contributed by atoms with Gasteiger partial charge in [0, 0.05) is 25.2 Å². The molecule has 7 heteroatoms. The van der Waals surface area contributed by atoms with Crippen molar-refractivity contribution in [2.75, 3.05) is 19.6 Å². The predicted octanol–water partition coefficient (Wildman–Crippen LogP) is 2.48. The zero-order valence-corrected chi connectivity index (χ0v) is 18.6. The van der Waals surface area contributed by atoms with Crippen LogP contribution >= 0.6 is 0 Å². The molecule has 5 rings (SSSR count). The van der Waals surface area contributed by atoms with E-state index in [1.165, 1.54) is 11.3 Å². The summed E-state index contributed by atoms with van der Waals surface area (Å²) < 4.78 is 6.11. The lowest BCUT2D eigenvalue weighted by Gasteiger charge is -2.27. The molecule has 4 atom stereocenters. The number of amides is 2. The zero-order valence-electron chi connectivity index (χ0n) is 18.6. The highest BCUT2D eigenvalue weighted by Gasteiger charge is 2.58. The van der Waals surface area contributed by atoms with E-state index in [-0.39, 0.29) is 35.5 Å². The van der Waals surface area contributed by atoms with E-state index in [0.717, 1.165) is 37.1 Å². The first-order valence-electron chi connectivity index (χ1n) is 12.0. The number of fused-ring (bicyclic) bond motifs is 5. The van der Waals surface area contributed by atoms with Crippen molar-refractivity contribution in [1.82, 2.24) is 15.5 Å². The molecule has 1 heterocycles. The number of carbonyl (C=O) groups excluding carboxylic acids is 2. The topological polar surface area (TPSA) is 83.0 Å². The Morgan fingerprint density at radius 3 is 2.47 bits per heavy atom. The highest BCUT2D eigenvalue weighted by Crippen LogP contribution is 2.52. The van der Waals surface area contributed by atoms with Gasteiger partial charge < -0.3 is 15.4 Å². The Morgan fingerprint density at radius 1 is 1.09 bits per heavy atom. The van der Waals surface area contributed by atoms with Gasteiger partial charge >= 0.3 is 0 Å². The summed E-state index contributed by atoms with van der Waals surface area (Å²) in [6.07, 6.45) is 9.02. The summed E-state index contributed by atoms with van der Waals surface area (Å²) in [6, 6.07) is 8.05. The van der Waals surface area contributed by atoms with Crippen molar-refractivity contribution in [2.24, 2.45) is 28.7 Å². The van der Waals surface area contributed by atoms with Gasteiger partial charge in [-0.3, -0.25) is 14.5 Å². The first kappa shape index (κ1) is 21.0. The quantitative estimate of drug-likeness (QED) is 0.283. The molecule has 7 nitrogen and oxygen atoms in total. The van der Waals surface area contributed by atoms with Gasteiger partial charge in [0.2, 0.25) is 11.8 Å². The molecule has 4 aliphatic rings. The summed E-state index contributed by atoms with van der Waals surface area (Å²) in [4.78, 5) is 31.8. The Labute approximate surface area is 189 Å². The first-order valence-corrected chi connectivity index (χ1v) is 12.0. The molecule has 0 spiro atoms. The van der Waals surface area contributed by atoms with Crippen LogP contribution in [0.3, 0.4) is 0 Å². The minimum absolute atomic E-state index is 0.00246. The normalized spacial score (nSPS) is 28.8. The minimum Gasteiger partial charge on any atom is -0.490 e. The van der Waals surface area contributed by atoms with Gasteiger partial charge in [-0.2, -0.15) is 0 Å². The Balaban J connectivity index is 1.17. The SMILES string of the molecule is CCNC(=NCc1ccccc1OC1CCC1)NCCN1C(=O)C2C3C=CC(C3)C2C1=O. The van der Waals surface area contributed by atoms with Gasteiger partial charge in [0.1, 0.15) is 5.75 Å². The number of para-hydroxylation sites is 1. The van der Waals surface area contributed by atoms with Crippen molar-refractivity contribution in [1.29, 1.82) is 0 Å². The van der Waals surface area contributed by atoms with Crippen LogP contribution in [0, 0.1) is 23.7 Å². The maximum absolute atomic E-state index is 12.8. The van der Waals surface area contributed by atoms with Crippen molar-refractivity contribution in [3.8, 4) is 5.75 Å². The largest absolute Gasteiger partial charge is 0.490 e. The predicted molar refractivity (Wildman–Crippen MR) is 122 cm³/mol. The molecule has 4 unspecified atom stereocenters. The smallest absolute Gasteiger partial charge is 0.233 e. The molecule has 3 fully saturated rings. The first-order chi connectivity index (χ1) is 15.7. The molecule has 1 aliphatic heterocycles. The van der Waals surface area contributed by atoms with Crippen molar-refractivity contribution in [3.63, 3.8) is 0 Å². The number of aliphatic imine (C=N–C) groups is 1. The number of guanidine groups is 1. The Morgan fingerprint density at radius 2 is 1.81 bits per heavy atom. The third-order valence-electron chi connectivity index (χ3n) is 7.26. The van der Waals surface area contributed by atoms with Gasteiger partial charge in [-0.1, -0.05) is 30.4 Å². The molecule has 1 aromatic rings. The maximum Gasteiger partial charge on any atom is 0.233 e. The number of likely N-dealkylation sites (tertiary alicyclic amines) is 1. The van der Waals surface area contributed by atoms with Crippen LogP contribution < -0.4 is 15.4 Å². The van der Waals surface area contributed by atoms with E-state index in [9.17, 15) is 9.59 Å². The average molecular weight is 437 g/mol. The Hall–Kier alpha value is -2.83. The minimum atomic E-state index is -0.133. The molecule has 2 N–H and O–H groups in total. The van der Waals surface area contributed by atoms with Gasteiger partial charge in [-0.25, -0.2) is 4.99 Å². The maximum atomic E-state index is 12.8. The van der Waals surface area contributed by atoms with E-state index in [4.69, 9.17) is 9.73 Å². The van der Waals surface area contributed by atoms with Gasteiger partial charge in [0.15, 0.2) is 5.96 Å². The van der Waals surface area contributed by atoms with E-state index >= 15 is 0 Å². The van der Waals surface area contributed by atoms with Crippen molar-refractivity contribution in [3.05, 3.63) is 42.0 Å². The fourth-order valence-corrected chi connectivity index (χ4v) is 5.39. The summed E-state index contributed by atoms with van der Waals surface area (Å²) in [5, 5.41) is 6.53. The van der Waals surface area contributed by atoms with E-state index in [0.29, 0.717) is 31.7 Å². The number of ether oxygens (including phenoxy) is 1. The summed E-state index contributed by atoms with van der Waals surface area (Å²) in [5.74, 6) is 1.82. The third kappa shape index (κ3) is 3.89. The number of rotatable bonds is 8. The van der Waals surface area contributed by atoms with Crippen LogP contribution in [0.4, 0.5) is 0 Å². The van der Waals surface area contributed by atoms with Crippen LogP contribution in [-0.4, -0.2) is 48.4 Å². The van der Waals surface area contributed by atoms with Crippen molar-refractivity contribution < 1.29 is 14.3 Å². The van der Waals surface area contributed by atoms with Crippen LogP contribution in [-0.2, 0) is 16.1 Å². The molecule has 1 saturated heterocycles. The second-order valence-corrected chi connectivity index (χ2v) is 9.23. The van der Waals surface area contributed by atoms with Gasteiger partial charge in [-0.15, -0.1) is 0 Å². The molecule has 2 bridgehead atoms. The summed E-state index contributed by atoms with van der Waals surface area (Å²) >= 11 is 0. The molecule has 170 valence electrons. The number of benzene rings is 1. The standard InChI is InChI=1S/C25H32N4O3/c1-2-26-25(28-15-18-6-3-4-9-20(18)32-19-7-5-8-19)27-12-13-29-23(30)21-16-10-11-17(14-16)22(21)24(29)31/h3-4,6,9-11,16-17,19,21-22H,2,5,7-8,12-15H2,1H3,(H2,26,27,28). The van der Waals surface area contributed by atoms with Crippen molar-refractivity contribution in [2.45, 2.75) is 45.3 Å². The average Bonchev–Trinajstić information content (AvgIpc) is 3.45. The molecule has 0 aromatic heterocycles. The summed E-state index contributed by atoms with van der Waals surface area (Å²) in [7, 11) is 0. The third-order valence-corrected chi connectivity index (χ3v) is 7.26. The molecule has 32 heavy (non-hydrogen) atoms. The van der Waals surface area contributed by atoms with Crippen LogP contribution in [0.25, 0.3) is 0 Å². The molecule has 2 amide bonds. The van der Waals surface area contributed by atoms with E-state index in [1.54, 1.807) is 0 Å². The Kier molecular flexibility index (Phi) is 5.89. The highest BCUT2D eigenvalue weighted by molar-refractivity contribution is 6.06. The van der Waals surface area contributed by atoms with Crippen LogP contribution in [0.1, 0.15) is 38.2 Å². The highest BCUT2D eigenvalue weighted by atomic mass is 16.5. The number of hydrogen-bond acceptors (Lipinski definition) is 4. The van der Waals surface area contributed by atoms with Gasteiger partial charge in [0.05, 0.1) is 24.5 Å².